The Bertz CT molecular complexity index is 422. The van der Waals surface area contributed by atoms with Gasteiger partial charge in [0.2, 0.25) is 5.91 Å². The number of piperidine rings is 1. The van der Waals surface area contributed by atoms with E-state index in [1.807, 2.05) is 11.9 Å². The molecule has 0 bridgehead atoms. The van der Waals surface area contributed by atoms with Crippen molar-refractivity contribution in [3.63, 3.8) is 0 Å². The molecule has 1 fully saturated rings. The van der Waals surface area contributed by atoms with Crippen molar-refractivity contribution >= 4 is 17.2 Å². The molecular weight excluding hydrogens is 268 g/mol. The molecule has 0 radical (unpaired) electrons. The average molecular weight is 294 g/mol. The van der Waals surface area contributed by atoms with E-state index in [1.165, 1.54) is 11.3 Å². The predicted octanol–water partition coefficient (Wildman–Crippen LogP) is 2.77. The molecule has 1 aromatic heterocycles. The predicted molar refractivity (Wildman–Crippen MR) is 85.0 cm³/mol. The molecule has 4 heteroatoms. The lowest BCUT2D eigenvalue weighted by molar-refractivity contribution is -0.142. The Balaban J connectivity index is 1.90. The number of amides is 1. The monoisotopic (exact) mass is 294 g/mol. The highest BCUT2D eigenvalue weighted by Crippen LogP contribution is 2.33. The molecule has 1 saturated heterocycles. The van der Waals surface area contributed by atoms with Crippen LogP contribution >= 0.6 is 11.3 Å². The van der Waals surface area contributed by atoms with E-state index in [1.54, 1.807) is 11.3 Å². The molecule has 112 valence electrons. The van der Waals surface area contributed by atoms with Gasteiger partial charge in [-0.05, 0) is 49.7 Å². The standard InChI is InChI=1S/C16H26N2OS/c1-16(2,13-6-4-9-17-12-13)15(19)18(3)10-8-14-7-5-11-20-14/h5,7,11,13,17H,4,6,8-10,12H2,1-3H3. The van der Waals surface area contributed by atoms with Gasteiger partial charge in [-0.2, -0.15) is 0 Å². The Hall–Kier alpha value is -0.870. The molecule has 20 heavy (non-hydrogen) atoms. The number of likely N-dealkylation sites (N-methyl/N-ethyl adjacent to an activating group) is 1. The number of hydrogen-bond donors (Lipinski definition) is 1. The SMILES string of the molecule is CN(CCc1cccs1)C(=O)C(C)(C)C1CCCNC1. The van der Waals surface area contributed by atoms with E-state index >= 15 is 0 Å². The van der Waals surface area contributed by atoms with E-state index in [-0.39, 0.29) is 11.3 Å². The van der Waals surface area contributed by atoms with Crippen molar-refractivity contribution < 1.29 is 4.79 Å². The molecule has 1 N–H and O–H groups in total. The Morgan fingerprint density at radius 2 is 2.35 bits per heavy atom. The molecule has 0 saturated carbocycles. The van der Waals surface area contributed by atoms with Gasteiger partial charge in [0, 0.05) is 23.9 Å². The largest absolute Gasteiger partial charge is 0.345 e. The molecule has 1 aliphatic heterocycles. The van der Waals surface area contributed by atoms with Gasteiger partial charge in [-0.1, -0.05) is 19.9 Å². The molecule has 3 nitrogen and oxygen atoms in total. The summed E-state index contributed by atoms with van der Waals surface area (Å²) in [6.45, 7) is 7.08. The van der Waals surface area contributed by atoms with Crippen LogP contribution in [0, 0.1) is 11.3 Å². The number of carbonyl (C=O) groups is 1. The van der Waals surface area contributed by atoms with Crippen LogP contribution in [-0.2, 0) is 11.2 Å². The van der Waals surface area contributed by atoms with E-state index in [9.17, 15) is 4.79 Å². The van der Waals surface area contributed by atoms with Gasteiger partial charge in [-0.15, -0.1) is 11.3 Å². The minimum atomic E-state index is -0.266. The van der Waals surface area contributed by atoms with Crippen molar-refractivity contribution in [3.05, 3.63) is 22.4 Å². The minimum absolute atomic E-state index is 0.266. The molecular formula is C16H26N2OS. The average Bonchev–Trinajstić information content (AvgIpc) is 2.98. The first kappa shape index (κ1) is 15.5. The minimum Gasteiger partial charge on any atom is -0.345 e. The quantitative estimate of drug-likeness (QED) is 0.905. The second-order valence-corrected chi connectivity index (χ2v) is 7.35. The number of carbonyl (C=O) groups excluding carboxylic acids is 1. The molecule has 1 atom stereocenters. The topological polar surface area (TPSA) is 32.3 Å². The molecule has 1 unspecified atom stereocenters. The van der Waals surface area contributed by atoms with Crippen molar-refractivity contribution in [1.29, 1.82) is 0 Å². The van der Waals surface area contributed by atoms with Crippen LogP contribution in [0.4, 0.5) is 0 Å². The van der Waals surface area contributed by atoms with Gasteiger partial charge in [0.25, 0.3) is 0 Å². The second kappa shape index (κ2) is 6.72. The van der Waals surface area contributed by atoms with Crippen LogP contribution in [0.25, 0.3) is 0 Å². The number of hydrogen-bond acceptors (Lipinski definition) is 3. The summed E-state index contributed by atoms with van der Waals surface area (Å²) in [5.74, 6) is 0.732. The Kier molecular flexibility index (Phi) is 5.22. The number of rotatable bonds is 5. The van der Waals surface area contributed by atoms with E-state index < -0.39 is 0 Å². The smallest absolute Gasteiger partial charge is 0.228 e. The highest BCUT2D eigenvalue weighted by molar-refractivity contribution is 7.09. The van der Waals surface area contributed by atoms with Gasteiger partial charge in [0.05, 0.1) is 0 Å². The zero-order chi connectivity index (χ0) is 14.6. The third kappa shape index (κ3) is 3.61. The van der Waals surface area contributed by atoms with Gasteiger partial charge in [-0.3, -0.25) is 4.79 Å². The number of nitrogens with zero attached hydrogens (tertiary/aromatic N) is 1. The van der Waals surface area contributed by atoms with Gasteiger partial charge >= 0.3 is 0 Å². The van der Waals surface area contributed by atoms with Crippen LogP contribution in [-0.4, -0.2) is 37.5 Å². The summed E-state index contributed by atoms with van der Waals surface area (Å²) in [6, 6.07) is 4.21. The molecule has 0 aromatic carbocycles. The molecule has 1 aromatic rings. The fourth-order valence-corrected chi connectivity index (χ4v) is 3.67. The Labute approximate surface area is 126 Å². The van der Waals surface area contributed by atoms with Crippen LogP contribution in [0.15, 0.2) is 17.5 Å². The summed E-state index contributed by atoms with van der Waals surface area (Å²) >= 11 is 1.76. The molecule has 2 rings (SSSR count). The molecule has 0 aliphatic carbocycles. The maximum Gasteiger partial charge on any atom is 0.228 e. The van der Waals surface area contributed by atoms with Crippen LogP contribution in [0.2, 0.25) is 0 Å². The van der Waals surface area contributed by atoms with Crippen LogP contribution in [0.3, 0.4) is 0 Å². The van der Waals surface area contributed by atoms with Crippen LogP contribution < -0.4 is 5.32 Å². The van der Waals surface area contributed by atoms with E-state index in [4.69, 9.17) is 0 Å². The lowest BCUT2D eigenvalue weighted by atomic mass is 9.74. The second-order valence-electron chi connectivity index (χ2n) is 6.32. The first-order chi connectivity index (χ1) is 9.51. The van der Waals surface area contributed by atoms with Gasteiger partial charge in [0.1, 0.15) is 0 Å². The summed E-state index contributed by atoms with van der Waals surface area (Å²) in [5.41, 5.74) is -0.266. The third-order valence-corrected chi connectivity index (χ3v) is 5.43. The Morgan fingerprint density at radius 1 is 1.55 bits per heavy atom. The van der Waals surface area contributed by atoms with E-state index in [0.717, 1.165) is 32.5 Å². The molecule has 2 heterocycles. The lowest BCUT2D eigenvalue weighted by Gasteiger charge is -2.38. The van der Waals surface area contributed by atoms with Crippen LogP contribution in [0.5, 0.6) is 0 Å². The highest BCUT2D eigenvalue weighted by Gasteiger charge is 2.38. The van der Waals surface area contributed by atoms with E-state index in [0.29, 0.717) is 5.92 Å². The van der Waals surface area contributed by atoms with Gasteiger partial charge < -0.3 is 10.2 Å². The Morgan fingerprint density at radius 3 is 2.95 bits per heavy atom. The van der Waals surface area contributed by atoms with Crippen molar-refractivity contribution in [3.8, 4) is 0 Å². The fraction of sp³-hybridized carbons (Fsp3) is 0.688. The van der Waals surface area contributed by atoms with Gasteiger partial charge in [-0.25, -0.2) is 0 Å². The summed E-state index contributed by atoms with van der Waals surface area (Å²) in [7, 11) is 1.94. The fourth-order valence-electron chi connectivity index (χ4n) is 2.97. The molecule has 0 spiro atoms. The van der Waals surface area contributed by atoms with Crippen molar-refractivity contribution in [2.75, 3.05) is 26.7 Å². The van der Waals surface area contributed by atoms with Crippen molar-refractivity contribution in [2.45, 2.75) is 33.1 Å². The normalized spacial score (nSPS) is 19.9. The summed E-state index contributed by atoms with van der Waals surface area (Å²) in [6.07, 6.45) is 3.30. The van der Waals surface area contributed by atoms with Gasteiger partial charge in [0.15, 0.2) is 0 Å². The van der Waals surface area contributed by atoms with Crippen molar-refractivity contribution in [2.24, 2.45) is 11.3 Å². The summed E-state index contributed by atoms with van der Waals surface area (Å²) in [4.78, 5) is 16.0. The van der Waals surface area contributed by atoms with E-state index in [2.05, 4.69) is 36.7 Å². The molecule has 1 aliphatic rings. The maximum atomic E-state index is 12.7. The summed E-state index contributed by atoms with van der Waals surface area (Å²) in [5, 5.41) is 5.51. The van der Waals surface area contributed by atoms with Crippen molar-refractivity contribution in [1.82, 2.24) is 10.2 Å². The maximum absolute atomic E-state index is 12.7. The molecule has 1 amide bonds. The van der Waals surface area contributed by atoms with Crippen LogP contribution in [0.1, 0.15) is 31.6 Å². The third-order valence-electron chi connectivity index (χ3n) is 4.49. The highest BCUT2D eigenvalue weighted by atomic mass is 32.1. The number of thiophene rings is 1. The first-order valence-corrected chi connectivity index (χ1v) is 8.38. The summed E-state index contributed by atoms with van der Waals surface area (Å²) < 4.78 is 0. The zero-order valence-corrected chi connectivity index (χ0v) is 13.6. The first-order valence-electron chi connectivity index (χ1n) is 7.50. The lowest BCUT2D eigenvalue weighted by Crippen LogP contribution is -2.48. The zero-order valence-electron chi connectivity index (χ0n) is 12.8. The number of nitrogens with one attached hydrogen (secondary N) is 1.